The molecule has 0 unspecified atom stereocenters. The molecule has 2 heterocycles. The highest BCUT2D eigenvalue weighted by Gasteiger charge is 2.19. The van der Waals surface area contributed by atoms with Gasteiger partial charge in [-0.15, -0.1) is 0 Å². The van der Waals surface area contributed by atoms with E-state index in [1.165, 1.54) is 21.5 Å². The molecule has 0 aliphatic rings. The van der Waals surface area contributed by atoms with Crippen LogP contribution in [0, 0.1) is 0 Å². The lowest BCUT2D eigenvalue weighted by molar-refractivity contribution is 0.613. The van der Waals surface area contributed by atoms with E-state index < -0.39 is 0 Å². The van der Waals surface area contributed by atoms with E-state index in [1.54, 1.807) is 12.5 Å². The van der Waals surface area contributed by atoms with Crippen LogP contribution in [0.4, 0.5) is 0 Å². The van der Waals surface area contributed by atoms with Crippen molar-refractivity contribution in [1.29, 1.82) is 0 Å². The molecule has 0 N–H and O–H groups in total. The first-order valence-electron chi connectivity index (χ1n) is 8.68. The van der Waals surface area contributed by atoms with Crippen LogP contribution in [-0.4, -0.2) is 0 Å². The molecular formula is C24H14O2. The van der Waals surface area contributed by atoms with E-state index in [0.717, 1.165) is 33.1 Å². The quantitative estimate of drug-likeness (QED) is 0.319. The molecule has 0 saturated heterocycles. The number of rotatable bonds is 1. The van der Waals surface area contributed by atoms with Gasteiger partial charge in [0.1, 0.15) is 11.2 Å². The lowest BCUT2D eigenvalue weighted by Gasteiger charge is -2.12. The molecule has 0 radical (unpaired) electrons. The molecule has 6 rings (SSSR count). The van der Waals surface area contributed by atoms with E-state index in [2.05, 4.69) is 60.7 Å². The number of furan rings is 2. The van der Waals surface area contributed by atoms with Crippen LogP contribution in [0.5, 0.6) is 0 Å². The van der Waals surface area contributed by atoms with Crippen molar-refractivity contribution in [2.75, 3.05) is 0 Å². The Hall–Kier alpha value is -3.52. The van der Waals surface area contributed by atoms with Crippen LogP contribution in [0.15, 0.2) is 94.2 Å². The fourth-order valence-corrected chi connectivity index (χ4v) is 4.05. The van der Waals surface area contributed by atoms with Gasteiger partial charge in [-0.3, -0.25) is 0 Å². The van der Waals surface area contributed by atoms with Gasteiger partial charge in [0.05, 0.1) is 12.5 Å². The lowest BCUT2D eigenvalue weighted by Crippen LogP contribution is -1.87. The van der Waals surface area contributed by atoms with Crippen molar-refractivity contribution in [2.24, 2.45) is 0 Å². The molecule has 4 aromatic carbocycles. The van der Waals surface area contributed by atoms with Gasteiger partial charge in [0, 0.05) is 21.9 Å². The molecule has 0 saturated carbocycles. The Labute approximate surface area is 149 Å². The second-order valence-corrected chi connectivity index (χ2v) is 6.62. The predicted molar refractivity (Wildman–Crippen MR) is 106 cm³/mol. The summed E-state index contributed by atoms with van der Waals surface area (Å²) in [5, 5.41) is 6.94. The van der Waals surface area contributed by atoms with Crippen molar-refractivity contribution in [1.82, 2.24) is 0 Å². The molecule has 0 amide bonds. The second-order valence-electron chi connectivity index (χ2n) is 6.62. The van der Waals surface area contributed by atoms with Crippen LogP contribution in [0.3, 0.4) is 0 Å². The van der Waals surface area contributed by atoms with Crippen LogP contribution in [0.25, 0.3) is 54.6 Å². The fourth-order valence-electron chi connectivity index (χ4n) is 4.05. The van der Waals surface area contributed by atoms with Gasteiger partial charge in [-0.05, 0) is 45.8 Å². The minimum absolute atomic E-state index is 0.901. The van der Waals surface area contributed by atoms with Crippen molar-refractivity contribution in [3.8, 4) is 11.1 Å². The molecule has 0 atom stereocenters. The molecule has 122 valence electrons. The van der Waals surface area contributed by atoms with Crippen LogP contribution in [-0.2, 0) is 0 Å². The third-order valence-corrected chi connectivity index (χ3v) is 5.18. The number of hydrogen-bond acceptors (Lipinski definition) is 2. The second kappa shape index (κ2) is 4.99. The topological polar surface area (TPSA) is 26.3 Å². The van der Waals surface area contributed by atoms with Crippen molar-refractivity contribution >= 4 is 43.5 Å². The summed E-state index contributed by atoms with van der Waals surface area (Å²) in [6.45, 7) is 0. The normalized spacial score (nSPS) is 11.8. The SMILES string of the molecule is c1ccc2c(-c3c4ccccc4cc4ccoc34)c3occc3cc2c1. The Morgan fingerprint density at radius 2 is 0.923 bits per heavy atom. The average Bonchev–Trinajstić information content (AvgIpc) is 3.33. The summed E-state index contributed by atoms with van der Waals surface area (Å²) in [7, 11) is 0. The maximum atomic E-state index is 5.94. The molecule has 0 fully saturated rings. The summed E-state index contributed by atoms with van der Waals surface area (Å²) < 4.78 is 11.9. The molecule has 0 aliphatic carbocycles. The Bertz CT molecular complexity index is 1320. The lowest BCUT2D eigenvalue weighted by atomic mass is 9.91. The van der Waals surface area contributed by atoms with E-state index in [-0.39, 0.29) is 0 Å². The molecule has 2 heteroatoms. The Morgan fingerprint density at radius 1 is 0.462 bits per heavy atom. The van der Waals surface area contributed by atoms with Crippen molar-refractivity contribution in [2.45, 2.75) is 0 Å². The summed E-state index contributed by atoms with van der Waals surface area (Å²) >= 11 is 0. The zero-order valence-electron chi connectivity index (χ0n) is 13.9. The number of fused-ring (bicyclic) bond motifs is 4. The zero-order chi connectivity index (χ0) is 17.1. The van der Waals surface area contributed by atoms with E-state index in [4.69, 9.17) is 8.83 Å². The van der Waals surface area contributed by atoms with Gasteiger partial charge >= 0.3 is 0 Å². The van der Waals surface area contributed by atoms with E-state index in [0.29, 0.717) is 0 Å². The first kappa shape index (κ1) is 13.7. The van der Waals surface area contributed by atoms with E-state index in [1.807, 2.05) is 12.1 Å². The summed E-state index contributed by atoms with van der Waals surface area (Å²) in [5.74, 6) is 0. The minimum Gasteiger partial charge on any atom is -0.464 e. The highest BCUT2D eigenvalue weighted by atomic mass is 16.3. The third kappa shape index (κ3) is 1.76. The van der Waals surface area contributed by atoms with Gasteiger partial charge in [0.25, 0.3) is 0 Å². The van der Waals surface area contributed by atoms with Gasteiger partial charge in [-0.2, -0.15) is 0 Å². The maximum Gasteiger partial charge on any atom is 0.142 e. The standard InChI is InChI=1S/C24H14O2/c1-3-7-19-15(5-1)13-17-9-11-25-23(17)21(19)22-20-8-4-2-6-16(20)14-18-10-12-26-24(18)22/h1-14H. The van der Waals surface area contributed by atoms with Crippen LogP contribution >= 0.6 is 0 Å². The first-order valence-corrected chi connectivity index (χ1v) is 8.68. The van der Waals surface area contributed by atoms with Crippen molar-refractivity contribution in [3.63, 3.8) is 0 Å². The van der Waals surface area contributed by atoms with Crippen LogP contribution in [0.1, 0.15) is 0 Å². The molecule has 0 aliphatic heterocycles. The Morgan fingerprint density at radius 3 is 1.42 bits per heavy atom. The zero-order valence-corrected chi connectivity index (χ0v) is 13.9. The van der Waals surface area contributed by atoms with Gasteiger partial charge < -0.3 is 8.83 Å². The van der Waals surface area contributed by atoms with Crippen molar-refractivity contribution < 1.29 is 8.83 Å². The van der Waals surface area contributed by atoms with Gasteiger partial charge in [-0.25, -0.2) is 0 Å². The molecule has 26 heavy (non-hydrogen) atoms. The Balaban J connectivity index is 1.94. The Kier molecular flexibility index (Phi) is 2.64. The molecule has 0 bridgehead atoms. The molecule has 2 nitrogen and oxygen atoms in total. The number of hydrogen-bond donors (Lipinski definition) is 0. The molecular weight excluding hydrogens is 320 g/mol. The third-order valence-electron chi connectivity index (χ3n) is 5.18. The molecule has 2 aromatic heterocycles. The summed E-state index contributed by atoms with van der Waals surface area (Å²) in [6, 6.07) is 25.3. The molecule has 0 spiro atoms. The average molecular weight is 334 g/mol. The monoisotopic (exact) mass is 334 g/mol. The highest BCUT2D eigenvalue weighted by molar-refractivity contribution is 6.20. The predicted octanol–water partition coefficient (Wildman–Crippen LogP) is 7.15. The van der Waals surface area contributed by atoms with Gasteiger partial charge in [0.2, 0.25) is 0 Å². The largest absolute Gasteiger partial charge is 0.464 e. The first-order chi connectivity index (χ1) is 12.9. The smallest absolute Gasteiger partial charge is 0.142 e. The van der Waals surface area contributed by atoms with Gasteiger partial charge in [0.15, 0.2) is 0 Å². The summed E-state index contributed by atoms with van der Waals surface area (Å²) in [5.41, 5.74) is 4.00. The summed E-state index contributed by atoms with van der Waals surface area (Å²) in [4.78, 5) is 0. The fraction of sp³-hybridized carbons (Fsp3) is 0. The van der Waals surface area contributed by atoms with Gasteiger partial charge in [-0.1, -0.05) is 48.5 Å². The van der Waals surface area contributed by atoms with Crippen LogP contribution in [0.2, 0.25) is 0 Å². The maximum absolute atomic E-state index is 5.94. The van der Waals surface area contributed by atoms with Crippen molar-refractivity contribution in [3.05, 3.63) is 85.3 Å². The van der Waals surface area contributed by atoms with E-state index >= 15 is 0 Å². The number of benzene rings is 4. The minimum atomic E-state index is 0.901. The molecule has 6 aromatic rings. The summed E-state index contributed by atoms with van der Waals surface area (Å²) in [6.07, 6.45) is 3.52. The van der Waals surface area contributed by atoms with Crippen LogP contribution < -0.4 is 0 Å². The van der Waals surface area contributed by atoms with E-state index in [9.17, 15) is 0 Å². The highest BCUT2D eigenvalue weighted by Crippen LogP contribution is 2.43.